The summed E-state index contributed by atoms with van der Waals surface area (Å²) in [7, 11) is 0. The van der Waals surface area contributed by atoms with Crippen molar-refractivity contribution in [1.82, 2.24) is 0 Å². The lowest BCUT2D eigenvalue weighted by atomic mass is 9.78. The molecule has 0 aliphatic heterocycles. The van der Waals surface area contributed by atoms with Gasteiger partial charge in [-0.05, 0) is 93.7 Å². The van der Waals surface area contributed by atoms with E-state index in [-0.39, 0.29) is 5.41 Å². The Morgan fingerprint density at radius 3 is 2.04 bits per heavy atom. The zero-order valence-corrected chi connectivity index (χ0v) is 28.8. The molecule has 1 aromatic heterocycles. The van der Waals surface area contributed by atoms with E-state index in [2.05, 4.69) is 189 Å². The molecule has 51 heavy (non-hydrogen) atoms. The molecular formula is C49H37NO. The van der Waals surface area contributed by atoms with Crippen LogP contribution in [-0.2, 0) is 5.41 Å². The molecule has 1 heterocycles. The summed E-state index contributed by atoms with van der Waals surface area (Å²) in [4.78, 5) is 2.42. The van der Waals surface area contributed by atoms with Crippen molar-refractivity contribution in [3.63, 3.8) is 0 Å². The quantitative estimate of drug-likeness (QED) is 0.183. The first kappa shape index (κ1) is 29.8. The highest BCUT2D eigenvalue weighted by molar-refractivity contribution is 6.19. The topological polar surface area (TPSA) is 16.4 Å². The van der Waals surface area contributed by atoms with Crippen LogP contribution < -0.4 is 4.90 Å². The molecule has 2 heteroatoms. The van der Waals surface area contributed by atoms with E-state index in [0.717, 1.165) is 45.1 Å². The molecule has 1 atom stereocenters. The molecule has 10 rings (SSSR count). The first-order valence-electron chi connectivity index (χ1n) is 18.0. The van der Waals surface area contributed by atoms with Crippen LogP contribution >= 0.6 is 0 Å². The lowest BCUT2D eigenvalue weighted by Crippen LogP contribution is -2.22. The Morgan fingerprint density at radius 2 is 1.24 bits per heavy atom. The molecule has 0 amide bonds. The summed E-state index contributed by atoms with van der Waals surface area (Å²) in [5.41, 5.74) is 14.6. The van der Waals surface area contributed by atoms with Crippen molar-refractivity contribution >= 4 is 44.1 Å². The number of rotatable bonds is 5. The Balaban J connectivity index is 1.09. The van der Waals surface area contributed by atoms with Crippen molar-refractivity contribution in [3.8, 4) is 22.3 Å². The van der Waals surface area contributed by atoms with Crippen molar-refractivity contribution in [3.05, 3.63) is 192 Å². The van der Waals surface area contributed by atoms with Gasteiger partial charge in [-0.1, -0.05) is 141 Å². The molecule has 8 aromatic rings. The predicted molar refractivity (Wildman–Crippen MR) is 214 cm³/mol. The van der Waals surface area contributed by atoms with Crippen molar-refractivity contribution in [1.29, 1.82) is 0 Å². The van der Waals surface area contributed by atoms with Crippen molar-refractivity contribution in [2.45, 2.75) is 31.6 Å². The highest BCUT2D eigenvalue weighted by Crippen LogP contribution is 2.54. The lowest BCUT2D eigenvalue weighted by Gasteiger charge is -2.33. The maximum atomic E-state index is 6.56. The van der Waals surface area contributed by atoms with E-state index in [9.17, 15) is 0 Å². The molecule has 0 N–H and O–H groups in total. The fraction of sp³-hybridized carbons (Fsp3) is 0.102. The minimum absolute atomic E-state index is 0.00813. The van der Waals surface area contributed by atoms with Crippen LogP contribution in [0.15, 0.2) is 186 Å². The summed E-state index contributed by atoms with van der Waals surface area (Å²) >= 11 is 0. The third-order valence-corrected chi connectivity index (χ3v) is 11.3. The molecule has 2 aliphatic rings. The maximum absolute atomic E-state index is 6.56. The highest BCUT2D eigenvalue weighted by atomic mass is 16.3. The summed E-state index contributed by atoms with van der Waals surface area (Å²) < 4.78 is 6.56. The normalized spacial score (nSPS) is 16.2. The number of hydrogen-bond acceptors (Lipinski definition) is 2. The zero-order chi connectivity index (χ0) is 34.1. The molecule has 0 saturated heterocycles. The third-order valence-electron chi connectivity index (χ3n) is 11.3. The van der Waals surface area contributed by atoms with Gasteiger partial charge in [0.25, 0.3) is 0 Å². The average molecular weight is 656 g/mol. The Morgan fingerprint density at radius 1 is 0.569 bits per heavy atom. The minimum Gasteiger partial charge on any atom is -0.455 e. The van der Waals surface area contributed by atoms with Crippen molar-refractivity contribution in [2.75, 3.05) is 4.90 Å². The zero-order valence-electron chi connectivity index (χ0n) is 28.8. The second-order valence-electron chi connectivity index (χ2n) is 14.5. The van der Waals surface area contributed by atoms with Crippen LogP contribution in [0.4, 0.5) is 11.4 Å². The van der Waals surface area contributed by atoms with Gasteiger partial charge < -0.3 is 9.32 Å². The van der Waals surface area contributed by atoms with Crippen LogP contribution in [0.5, 0.6) is 0 Å². The van der Waals surface area contributed by atoms with E-state index in [0.29, 0.717) is 5.92 Å². The Hall–Kier alpha value is -6.12. The van der Waals surface area contributed by atoms with Crippen LogP contribution in [-0.4, -0.2) is 0 Å². The van der Waals surface area contributed by atoms with Gasteiger partial charge in [-0.25, -0.2) is 0 Å². The first-order valence-corrected chi connectivity index (χ1v) is 18.0. The Labute approximate surface area is 298 Å². The minimum atomic E-state index is -0.00813. The van der Waals surface area contributed by atoms with Crippen LogP contribution in [0.25, 0.3) is 55.0 Å². The van der Waals surface area contributed by atoms with E-state index in [4.69, 9.17) is 4.42 Å². The van der Waals surface area contributed by atoms with Crippen LogP contribution in [0.3, 0.4) is 0 Å². The summed E-state index contributed by atoms with van der Waals surface area (Å²) in [6.07, 6.45) is 5.90. The highest BCUT2D eigenvalue weighted by Gasteiger charge is 2.42. The molecule has 0 spiro atoms. The largest absolute Gasteiger partial charge is 0.455 e. The SMILES string of the molecule is CC1(C)C2=CC(N(c3ccccc3)c3ccc(-c4cc5c6cc(-c7ccccc7)ccc6oc5c5ccccc45)cc3)=CCC2c2ccccc21. The van der Waals surface area contributed by atoms with Crippen molar-refractivity contribution < 1.29 is 4.42 Å². The van der Waals surface area contributed by atoms with E-state index in [1.165, 1.54) is 50.0 Å². The molecular weight excluding hydrogens is 619 g/mol. The second-order valence-corrected chi connectivity index (χ2v) is 14.5. The van der Waals surface area contributed by atoms with Gasteiger partial charge >= 0.3 is 0 Å². The molecule has 244 valence electrons. The molecule has 1 unspecified atom stereocenters. The van der Waals surface area contributed by atoms with Crippen LogP contribution in [0, 0.1) is 0 Å². The van der Waals surface area contributed by atoms with Gasteiger partial charge in [0.2, 0.25) is 0 Å². The van der Waals surface area contributed by atoms with Gasteiger partial charge in [0.1, 0.15) is 11.2 Å². The Kier molecular flexibility index (Phi) is 6.69. The van der Waals surface area contributed by atoms with Gasteiger partial charge in [-0.15, -0.1) is 0 Å². The summed E-state index contributed by atoms with van der Waals surface area (Å²) in [5, 5.41) is 4.60. The maximum Gasteiger partial charge on any atom is 0.143 e. The Bertz CT molecular complexity index is 2680. The predicted octanol–water partition coefficient (Wildman–Crippen LogP) is 13.5. The number of nitrogens with zero attached hydrogens (tertiary/aromatic N) is 1. The molecule has 0 radical (unpaired) electrons. The van der Waals surface area contributed by atoms with Gasteiger partial charge in [0.05, 0.1) is 0 Å². The fourth-order valence-electron chi connectivity index (χ4n) is 8.74. The standard InChI is InChI=1S/C49H37NO/c1-49(2)45-20-12-11-18-39(45)40-27-26-37(30-46(40)49)50(35-15-7-4-8-16-35)36-24-21-33(22-25-36)42-31-44-43-29-34(32-13-5-3-6-14-32)23-28-47(43)51-48(44)41-19-10-9-17-38(41)42/h3-26,28-31,40H,27H2,1-2H3. The van der Waals surface area contributed by atoms with Gasteiger partial charge in [-0.2, -0.15) is 0 Å². The lowest BCUT2D eigenvalue weighted by molar-refractivity contribution is 0.609. The smallest absolute Gasteiger partial charge is 0.143 e. The number of furan rings is 1. The van der Waals surface area contributed by atoms with Crippen molar-refractivity contribution in [2.24, 2.45) is 0 Å². The molecule has 2 aliphatic carbocycles. The molecule has 0 fully saturated rings. The number of benzene rings is 7. The molecule has 2 nitrogen and oxygen atoms in total. The number of anilines is 2. The summed E-state index contributed by atoms with van der Waals surface area (Å²) in [6.45, 7) is 4.77. The van der Waals surface area contributed by atoms with E-state index >= 15 is 0 Å². The van der Waals surface area contributed by atoms with Gasteiger partial charge in [0, 0.05) is 44.6 Å². The number of fused-ring (bicyclic) bond motifs is 8. The summed E-state index contributed by atoms with van der Waals surface area (Å²) in [5.74, 6) is 0.436. The van der Waals surface area contributed by atoms with E-state index in [1.807, 2.05) is 0 Å². The first-order chi connectivity index (χ1) is 25.0. The van der Waals surface area contributed by atoms with Gasteiger partial charge in [-0.3, -0.25) is 0 Å². The molecule has 0 bridgehead atoms. The number of para-hydroxylation sites is 1. The van der Waals surface area contributed by atoms with E-state index < -0.39 is 0 Å². The third kappa shape index (κ3) is 4.71. The van der Waals surface area contributed by atoms with Gasteiger partial charge in [0.15, 0.2) is 0 Å². The summed E-state index contributed by atoms with van der Waals surface area (Å²) in [6, 6.07) is 57.0. The van der Waals surface area contributed by atoms with Crippen LogP contribution in [0.2, 0.25) is 0 Å². The molecule has 7 aromatic carbocycles. The fourth-order valence-corrected chi connectivity index (χ4v) is 8.74. The van der Waals surface area contributed by atoms with E-state index in [1.54, 1.807) is 0 Å². The number of hydrogen-bond donors (Lipinski definition) is 0. The monoisotopic (exact) mass is 655 g/mol. The molecule has 0 saturated carbocycles. The van der Waals surface area contributed by atoms with Crippen LogP contribution in [0.1, 0.15) is 37.3 Å². The second kappa shape index (κ2) is 11.5. The number of allylic oxidation sites excluding steroid dienone is 3. The average Bonchev–Trinajstić information content (AvgIpc) is 3.67.